The van der Waals surface area contributed by atoms with Crippen molar-refractivity contribution in [1.82, 2.24) is 15.1 Å². The molecule has 4 aliphatic rings. The number of nitrogens with zero attached hydrogens (tertiary/aromatic N) is 4. The van der Waals surface area contributed by atoms with E-state index in [9.17, 15) is 44.5 Å². The predicted octanol–water partition coefficient (Wildman–Crippen LogP) is 3.26. The van der Waals surface area contributed by atoms with Gasteiger partial charge in [-0.3, -0.25) is 29.8 Å². The number of nitro benzene ring substituents is 2. The molecule has 4 aliphatic heterocycles. The summed E-state index contributed by atoms with van der Waals surface area (Å²) in [6.07, 6.45) is -0.859. The third kappa shape index (κ3) is 6.74. The lowest BCUT2D eigenvalue weighted by Crippen LogP contribution is -2.63. The van der Waals surface area contributed by atoms with E-state index in [4.69, 9.17) is 9.47 Å². The molecule has 16 nitrogen and oxygen atoms in total. The van der Waals surface area contributed by atoms with Gasteiger partial charge in [-0.2, -0.15) is 0 Å². The lowest BCUT2D eigenvalue weighted by atomic mass is 9.79. The number of non-ortho nitro benzene ring substituents is 2. The van der Waals surface area contributed by atoms with E-state index in [1.165, 1.54) is 72.1 Å². The number of likely N-dealkylation sites (tertiary alicyclic amines) is 1. The fraction of sp³-hybridized carbons (Fsp3) is 0.455. The van der Waals surface area contributed by atoms with E-state index in [-0.39, 0.29) is 72.3 Å². The van der Waals surface area contributed by atoms with E-state index in [0.717, 1.165) is 0 Å². The molecule has 1 unspecified atom stereocenters. The fourth-order valence-corrected chi connectivity index (χ4v) is 8.72. The van der Waals surface area contributed by atoms with Crippen LogP contribution < -0.4 is 5.32 Å². The van der Waals surface area contributed by atoms with Gasteiger partial charge in [-0.15, -0.1) is 11.8 Å². The van der Waals surface area contributed by atoms with Crippen molar-refractivity contribution in [2.45, 2.75) is 63.3 Å². The zero-order chi connectivity index (χ0) is 35.9. The summed E-state index contributed by atoms with van der Waals surface area (Å²) in [7, 11) is 0. The summed E-state index contributed by atoms with van der Waals surface area (Å²) in [6, 6.07) is 10.4. The lowest BCUT2D eigenvalue weighted by Gasteiger charge is -2.46. The van der Waals surface area contributed by atoms with Gasteiger partial charge in [-0.05, 0) is 48.7 Å². The number of ether oxygens (including phenoxy) is 2. The number of carbonyl (C=O) groups is 4. The van der Waals surface area contributed by atoms with Gasteiger partial charge >= 0.3 is 12.1 Å². The van der Waals surface area contributed by atoms with E-state index >= 15 is 0 Å². The SMILES string of the molecule is C[C@@H](O)[C@H]1C(=O)N2C(C(=O)OCc3ccc([N+](=O)[O-])cc3)=C(S[C@H]3C[C@H](C4CNC(=O)C4)N(C(=O)OCc4ccc([N+](=O)[O-])cc4)C3)[C@H](C)[C@H]12. The van der Waals surface area contributed by atoms with Crippen molar-refractivity contribution in [2.24, 2.45) is 17.8 Å². The molecule has 3 saturated heterocycles. The van der Waals surface area contributed by atoms with Crippen molar-refractivity contribution >= 4 is 47.0 Å². The minimum Gasteiger partial charge on any atom is -0.456 e. The maximum Gasteiger partial charge on any atom is 0.410 e. The normalized spacial score (nSPS) is 26.3. The molecule has 2 aromatic carbocycles. The summed E-state index contributed by atoms with van der Waals surface area (Å²) in [4.78, 5) is 77.1. The topological polar surface area (TPSA) is 212 Å². The molecule has 264 valence electrons. The largest absolute Gasteiger partial charge is 0.456 e. The maximum atomic E-state index is 13.7. The number of nitrogens with one attached hydrogen (secondary N) is 1. The van der Waals surface area contributed by atoms with Crippen LogP contribution in [0.5, 0.6) is 0 Å². The second kappa shape index (κ2) is 14.1. The Morgan fingerprint density at radius 3 is 2.10 bits per heavy atom. The van der Waals surface area contributed by atoms with Crippen LogP contribution in [0.3, 0.4) is 0 Å². The molecule has 3 amide bonds. The summed E-state index contributed by atoms with van der Waals surface area (Å²) in [5, 5.41) is 35.0. The van der Waals surface area contributed by atoms with Crippen molar-refractivity contribution in [3.05, 3.63) is 90.5 Å². The number of esters is 1. The fourth-order valence-electron chi connectivity index (χ4n) is 7.19. The molecular weight excluding hydrogens is 674 g/mol. The Bertz CT molecular complexity index is 1750. The van der Waals surface area contributed by atoms with Crippen LogP contribution in [0.1, 0.15) is 37.8 Å². The number of hydrogen-bond donors (Lipinski definition) is 2. The molecule has 50 heavy (non-hydrogen) atoms. The third-order valence-electron chi connectivity index (χ3n) is 9.71. The van der Waals surface area contributed by atoms with E-state index in [2.05, 4.69) is 5.32 Å². The molecule has 17 heteroatoms. The van der Waals surface area contributed by atoms with Gasteiger partial charge in [0, 0.05) is 71.8 Å². The maximum absolute atomic E-state index is 13.7. The van der Waals surface area contributed by atoms with Gasteiger partial charge < -0.3 is 29.7 Å². The van der Waals surface area contributed by atoms with E-state index in [1.54, 1.807) is 4.90 Å². The Hall–Kier alpha value is -5.03. The van der Waals surface area contributed by atoms with Crippen LogP contribution in [0, 0.1) is 38.0 Å². The van der Waals surface area contributed by atoms with Crippen molar-refractivity contribution in [3.63, 3.8) is 0 Å². The second-order valence-corrected chi connectivity index (χ2v) is 14.3. The first-order valence-corrected chi connectivity index (χ1v) is 17.0. The quantitative estimate of drug-likeness (QED) is 0.149. The highest BCUT2D eigenvalue weighted by molar-refractivity contribution is 8.03. The van der Waals surface area contributed by atoms with Crippen molar-refractivity contribution in [2.75, 3.05) is 13.1 Å². The number of benzene rings is 2. The third-order valence-corrected chi connectivity index (χ3v) is 11.2. The number of hydrogen-bond acceptors (Lipinski definition) is 12. The van der Waals surface area contributed by atoms with Crippen LogP contribution >= 0.6 is 11.8 Å². The van der Waals surface area contributed by atoms with Crippen LogP contribution in [-0.2, 0) is 37.1 Å². The number of nitro groups is 2. The van der Waals surface area contributed by atoms with Crippen LogP contribution in [0.4, 0.5) is 16.2 Å². The van der Waals surface area contributed by atoms with E-state index in [0.29, 0.717) is 29.0 Å². The monoisotopic (exact) mass is 709 g/mol. The van der Waals surface area contributed by atoms with Gasteiger partial charge in [0.1, 0.15) is 18.9 Å². The highest BCUT2D eigenvalue weighted by Crippen LogP contribution is 2.53. The minimum atomic E-state index is -0.947. The number of amides is 3. The molecular formula is C33H35N5O11S. The zero-order valence-corrected chi connectivity index (χ0v) is 27.9. The highest BCUT2D eigenvalue weighted by atomic mass is 32.2. The first-order valence-electron chi connectivity index (χ1n) is 16.1. The van der Waals surface area contributed by atoms with Gasteiger partial charge in [0.2, 0.25) is 11.8 Å². The Kier molecular flexibility index (Phi) is 9.80. The number of carbonyl (C=O) groups excluding carboxylic acids is 4. The molecule has 0 radical (unpaired) electrons. The molecule has 0 aromatic heterocycles. The zero-order valence-electron chi connectivity index (χ0n) is 27.1. The highest BCUT2D eigenvalue weighted by Gasteiger charge is 2.60. The molecule has 6 rings (SSSR count). The molecule has 0 saturated carbocycles. The number of aliphatic hydroxyl groups excluding tert-OH is 1. The second-order valence-electron chi connectivity index (χ2n) is 12.9. The number of thioether (sulfide) groups is 1. The number of β-lactam (4-membered cyclic amide) rings is 1. The lowest BCUT2D eigenvalue weighted by molar-refractivity contribution is -0.385. The van der Waals surface area contributed by atoms with Crippen LogP contribution in [0.15, 0.2) is 59.1 Å². The van der Waals surface area contributed by atoms with Gasteiger partial charge in [0.15, 0.2) is 0 Å². The van der Waals surface area contributed by atoms with Crippen molar-refractivity contribution < 1.29 is 43.6 Å². The summed E-state index contributed by atoms with van der Waals surface area (Å²) in [5.74, 6) is -2.50. The van der Waals surface area contributed by atoms with Gasteiger partial charge in [-0.25, -0.2) is 9.59 Å². The molecule has 2 N–H and O–H groups in total. The van der Waals surface area contributed by atoms with Crippen molar-refractivity contribution in [3.8, 4) is 0 Å². The van der Waals surface area contributed by atoms with Gasteiger partial charge in [0.05, 0.1) is 27.9 Å². The molecule has 0 bridgehead atoms. The molecule has 0 aliphatic carbocycles. The summed E-state index contributed by atoms with van der Waals surface area (Å²) < 4.78 is 11.2. The van der Waals surface area contributed by atoms with Crippen molar-refractivity contribution in [1.29, 1.82) is 0 Å². The van der Waals surface area contributed by atoms with Crippen LogP contribution in [0.25, 0.3) is 0 Å². The Morgan fingerprint density at radius 1 is 1.00 bits per heavy atom. The molecule has 7 atom stereocenters. The molecule has 2 aromatic rings. The summed E-state index contributed by atoms with van der Waals surface area (Å²) in [6.45, 7) is 3.70. The molecule has 4 heterocycles. The Balaban J connectivity index is 1.21. The first-order chi connectivity index (χ1) is 23.8. The summed E-state index contributed by atoms with van der Waals surface area (Å²) in [5.41, 5.74) is 0.951. The first kappa shape index (κ1) is 34.8. The number of rotatable bonds is 11. The predicted molar refractivity (Wildman–Crippen MR) is 176 cm³/mol. The minimum absolute atomic E-state index is 0.0739. The molecule has 0 spiro atoms. The smallest absolute Gasteiger partial charge is 0.410 e. The Morgan fingerprint density at radius 2 is 1.58 bits per heavy atom. The van der Waals surface area contributed by atoms with Gasteiger partial charge in [0.25, 0.3) is 11.4 Å². The average Bonchev–Trinajstić information content (AvgIpc) is 3.77. The van der Waals surface area contributed by atoms with Crippen LogP contribution in [0.2, 0.25) is 0 Å². The van der Waals surface area contributed by atoms with E-state index in [1.807, 2.05) is 6.92 Å². The standard InChI is InChI=1S/C33H35N5O11S/c1-17-28-27(18(2)39)31(41)36(28)29(32(42)48-15-19-3-7-22(8-4-19)37(44)45)30(17)50-24-12-25(21-11-26(40)34-13-21)35(14-24)33(43)49-16-20-5-9-23(10-6-20)38(46)47/h3-10,17-18,21,24-25,27-28,39H,11-16H2,1-2H3,(H,34,40)/t17-,18-,21?,24+,25-,27-,28-/m1/s1. The van der Waals surface area contributed by atoms with Crippen LogP contribution in [-0.4, -0.2) is 85.2 Å². The van der Waals surface area contributed by atoms with E-state index < -0.39 is 45.9 Å². The molecule has 3 fully saturated rings. The summed E-state index contributed by atoms with van der Waals surface area (Å²) >= 11 is 1.36. The average molecular weight is 710 g/mol. The number of aliphatic hydroxyl groups is 1. The van der Waals surface area contributed by atoms with Gasteiger partial charge in [-0.1, -0.05) is 6.92 Å². The Labute approximate surface area is 290 Å². The number of fused-ring (bicyclic) bond motifs is 1.